The van der Waals surface area contributed by atoms with Crippen LogP contribution in [0.25, 0.3) is 11.1 Å². The highest BCUT2D eigenvalue weighted by atomic mass is 35.5. The van der Waals surface area contributed by atoms with Gasteiger partial charge >= 0.3 is 5.97 Å². The van der Waals surface area contributed by atoms with Crippen LogP contribution in [0.3, 0.4) is 0 Å². The maximum Gasteiger partial charge on any atom is 0.339 e. The summed E-state index contributed by atoms with van der Waals surface area (Å²) in [6, 6.07) is 8.67. The summed E-state index contributed by atoms with van der Waals surface area (Å²) < 4.78 is 17.6. The monoisotopic (exact) mass is 280 g/mol. The van der Waals surface area contributed by atoms with E-state index in [-0.39, 0.29) is 10.6 Å². The Balaban J connectivity index is 2.51. The number of carbonyl (C=O) groups is 1. The van der Waals surface area contributed by atoms with Crippen molar-refractivity contribution in [2.24, 2.45) is 0 Å². The van der Waals surface area contributed by atoms with Crippen LogP contribution in [0.2, 0.25) is 5.02 Å². The maximum absolute atomic E-state index is 13.0. The Hall–Kier alpha value is -2.07. The maximum atomic E-state index is 13.0. The van der Waals surface area contributed by atoms with Gasteiger partial charge < -0.3 is 9.84 Å². The first-order valence-electron chi connectivity index (χ1n) is 5.39. The largest absolute Gasteiger partial charge is 0.505 e. The molecule has 0 aliphatic rings. The molecule has 0 aliphatic carbocycles. The Morgan fingerprint density at radius 2 is 1.84 bits per heavy atom. The molecule has 0 amide bonds. The van der Waals surface area contributed by atoms with Gasteiger partial charge in [-0.05, 0) is 35.4 Å². The van der Waals surface area contributed by atoms with Crippen LogP contribution in [-0.4, -0.2) is 18.2 Å². The van der Waals surface area contributed by atoms with Gasteiger partial charge in [0.2, 0.25) is 0 Å². The molecule has 98 valence electrons. The molecule has 0 bridgehead atoms. The molecule has 2 rings (SSSR count). The van der Waals surface area contributed by atoms with E-state index < -0.39 is 17.5 Å². The van der Waals surface area contributed by atoms with Gasteiger partial charge in [-0.15, -0.1) is 0 Å². The molecule has 0 heterocycles. The van der Waals surface area contributed by atoms with Gasteiger partial charge in [-0.1, -0.05) is 23.7 Å². The number of halogens is 2. The molecule has 2 aromatic carbocycles. The van der Waals surface area contributed by atoms with E-state index in [0.29, 0.717) is 11.1 Å². The zero-order chi connectivity index (χ0) is 14.0. The molecule has 1 N–H and O–H groups in total. The molecular weight excluding hydrogens is 271 g/mol. The minimum atomic E-state index is -0.703. The Bertz CT molecular complexity index is 641. The minimum Gasteiger partial charge on any atom is -0.505 e. The van der Waals surface area contributed by atoms with E-state index >= 15 is 0 Å². The van der Waals surface area contributed by atoms with Gasteiger partial charge in [-0.3, -0.25) is 0 Å². The zero-order valence-corrected chi connectivity index (χ0v) is 10.7. The Labute approximate surface area is 114 Å². The van der Waals surface area contributed by atoms with Crippen molar-refractivity contribution in [3.05, 3.63) is 52.8 Å². The molecule has 0 saturated carbocycles. The van der Waals surface area contributed by atoms with Crippen LogP contribution in [-0.2, 0) is 4.74 Å². The standard InChI is InChI=1S/C14H10ClFO3/c1-19-14(18)10-6-8(2-4-11(10)15)9-3-5-12(16)13(17)7-9/h2-7,17H,1H3. The smallest absolute Gasteiger partial charge is 0.339 e. The number of phenolic OH excluding ortho intramolecular Hbond substituents is 1. The normalized spacial score (nSPS) is 10.3. The van der Waals surface area contributed by atoms with Gasteiger partial charge in [0.05, 0.1) is 17.7 Å². The highest BCUT2D eigenvalue weighted by Gasteiger charge is 2.12. The van der Waals surface area contributed by atoms with E-state index in [1.807, 2.05) is 0 Å². The molecule has 0 radical (unpaired) electrons. The van der Waals surface area contributed by atoms with Crippen molar-refractivity contribution < 1.29 is 19.0 Å². The van der Waals surface area contributed by atoms with Gasteiger partial charge in [0, 0.05) is 0 Å². The first-order valence-corrected chi connectivity index (χ1v) is 5.77. The molecule has 2 aromatic rings. The number of aromatic hydroxyl groups is 1. The van der Waals surface area contributed by atoms with Gasteiger partial charge in [-0.2, -0.15) is 0 Å². The topological polar surface area (TPSA) is 46.5 Å². The predicted molar refractivity (Wildman–Crippen MR) is 69.9 cm³/mol. The third-order valence-corrected chi connectivity index (χ3v) is 2.98. The summed E-state index contributed by atoms with van der Waals surface area (Å²) in [6.45, 7) is 0. The summed E-state index contributed by atoms with van der Waals surface area (Å²) in [5, 5.41) is 9.61. The lowest BCUT2D eigenvalue weighted by Crippen LogP contribution is -2.02. The van der Waals surface area contributed by atoms with Gasteiger partial charge in [0.25, 0.3) is 0 Å². The first-order chi connectivity index (χ1) is 9.02. The molecule has 0 saturated heterocycles. The summed E-state index contributed by atoms with van der Waals surface area (Å²) in [7, 11) is 1.26. The Morgan fingerprint density at radius 3 is 2.47 bits per heavy atom. The number of phenols is 1. The summed E-state index contributed by atoms with van der Waals surface area (Å²) in [5.41, 5.74) is 1.41. The number of carbonyl (C=O) groups excluding carboxylic acids is 1. The van der Waals surface area contributed by atoms with Crippen molar-refractivity contribution in [3.8, 4) is 16.9 Å². The molecule has 0 aromatic heterocycles. The fraction of sp³-hybridized carbons (Fsp3) is 0.0714. The zero-order valence-electron chi connectivity index (χ0n) is 9.98. The first kappa shape index (κ1) is 13.4. The fourth-order valence-corrected chi connectivity index (χ4v) is 1.86. The van der Waals surface area contributed by atoms with Crippen molar-refractivity contribution in [3.63, 3.8) is 0 Å². The van der Waals surface area contributed by atoms with E-state index in [9.17, 15) is 14.3 Å². The van der Waals surface area contributed by atoms with E-state index in [1.54, 1.807) is 12.1 Å². The average molecular weight is 281 g/mol. The molecule has 5 heteroatoms. The summed E-state index contributed by atoms with van der Waals surface area (Å²) >= 11 is 5.90. The average Bonchev–Trinajstić information content (AvgIpc) is 2.41. The molecule has 0 aliphatic heterocycles. The fourth-order valence-electron chi connectivity index (χ4n) is 1.66. The second-order valence-electron chi connectivity index (χ2n) is 3.85. The van der Waals surface area contributed by atoms with Crippen LogP contribution in [0.1, 0.15) is 10.4 Å². The van der Waals surface area contributed by atoms with Crippen LogP contribution in [0.5, 0.6) is 5.75 Å². The SMILES string of the molecule is COC(=O)c1cc(-c2ccc(F)c(O)c2)ccc1Cl. The molecule has 0 spiro atoms. The lowest BCUT2D eigenvalue weighted by molar-refractivity contribution is 0.0601. The lowest BCUT2D eigenvalue weighted by Gasteiger charge is -2.07. The van der Waals surface area contributed by atoms with Crippen LogP contribution in [0.15, 0.2) is 36.4 Å². The van der Waals surface area contributed by atoms with Crippen LogP contribution in [0.4, 0.5) is 4.39 Å². The number of methoxy groups -OCH3 is 1. The van der Waals surface area contributed by atoms with Gasteiger partial charge in [0.1, 0.15) is 0 Å². The lowest BCUT2D eigenvalue weighted by atomic mass is 10.0. The number of hydrogen-bond acceptors (Lipinski definition) is 3. The van der Waals surface area contributed by atoms with E-state index in [2.05, 4.69) is 4.74 Å². The van der Waals surface area contributed by atoms with Crippen LogP contribution >= 0.6 is 11.6 Å². The van der Waals surface area contributed by atoms with Crippen molar-refractivity contribution in [1.82, 2.24) is 0 Å². The second-order valence-corrected chi connectivity index (χ2v) is 4.26. The van der Waals surface area contributed by atoms with Crippen molar-refractivity contribution in [1.29, 1.82) is 0 Å². The van der Waals surface area contributed by atoms with Gasteiger partial charge in [-0.25, -0.2) is 9.18 Å². The van der Waals surface area contributed by atoms with E-state index in [4.69, 9.17) is 11.6 Å². The van der Waals surface area contributed by atoms with Gasteiger partial charge in [0.15, 0.2) is 11.6 Å². The van der Waals surface area contributed by atoms with E-state index in [1.165, 1.54) is 25.3 Å². The number of ether oxygens (including phenoxy) is 1. The molecule has 0 unspecified atom stereocenters. The predicted octanol–water partition coefficient (Wildman–Crippen LogP) is 3.64. The third-order valence-electron chi connectivity index (χ3n) is 2.65. The molecule has 0 fully saturated rings. The van der Waals surface area contributed by atoms with Crippen molar-refractivity contribution in [2.75, 3.05) is 7.11 Å². The second kappa shape index (κ2) is 5.28. The number of hydrogen-bond donors (Lipinski definition) is 1. The third kappa shape index (κ3) is 2.69. The summed E-state index contributed by atoms with van der Waals surface area (Å²) in [4.78, 5) is 11.5. The Kier molecular flexibility index (Phi) is 3.71. The highest BCUT2D eigenvalue weighted by Crippen LogP contribution is 2.29. The minimum absolute atomic E-state index is 0.213. The van der Waals surface area contributed by atoms with Crippen LogP contribution < -0.4 is 0 Å². The highest BCUT2D eigenvalue weighted by molar-refractivity contribution is 6.33. The quantitative estimate of drug-likeness (QED) is 0.854. The molecule has 0 atom stereocenters. The number of rotatable bonds is 2. The summed E-state index contributed by atoms with van der Waals surface area (Å²) in [5.74, 6) is -1.71. The molecule has 19 heavy (non-hydrogen) atoms. The van der Waals surface area contributed by atoms with Crippen LogP contribution in [0, 0.1) is 5.82 Å². The summed E-state index contributed by atoms with van der Waals surface area (Å²) in [6.07, 6.45) is 0. The van der Waals surface area contributed by atoms with Crippen molar-refractivity contribution >= 4 is 17.6 Å². The van der Waals surface area contributed by atoms with E-state index in [0.717, 1.165) is 6.07 Å². The molecule has 3 nitrogen and oxygen atoms in total. The number of benzene rings is 2. The van der Waals surface area contributed by atoms with Crippen molar-refractivity contribution in [2.45, 2.75) is 0 Å². The number of esters is 1. The Morgan fingerprint density at radius 1 is 1.21 bits per heavy atom. The molecular formula is C14H10ClFO3.